The summed E-state index contributed by atoms with van der Waals surface area (Å²) in [6, 6.07) is 5.71. The van der Waals surface area contributed by atoms with E-state index in [0.717, 1.165) is 25.9 Å². The predicted molar refractivity (Wildman–Crippen MR) is 64.1 cm³/mol. The molecule has 17 heavy (non-hydrogen) atoms. The fourth-order valence-electron chi connectivity index (χ4n) is 2.15. The van der Waals surface area contributed by atoms with Crippen molar-refractivity contribution >= 4 is 5.91 Å². The zero-order valence-corrected chi connectivity index (χ0v) is 9.73. The number of nitrogens with two attached hydrogens (primary N) is 1. The Labute approximate surface area is 100 Å². The normalized spacial score (nSPS) is 17.2. The summed E-state index contributed by atoms with van der Waals surface area (Å²) in [4.78, 5) is 13.9. The summed E-state index contributed by atoms with van der Waals surface area (Å²) in [5.74, 6) is 0.205. The van der Waals surface area contributed by atoms with Crippen LogP contribution in [-0.2, 0) is 0 Å². The zero-order valence-electron chi connectivity index (χ0n) is 9.73. The van der Waals surface area contributed by atoms with Gasteiger partial charge in [0.05, 0.1) is 0 Å². The largest absolute Gasteiger partial charge is 0.339 e. The Hall–Kier alpha value is -1.42. The minimum Gasteiger partial charge on any atom is -0.339 e. The lowest BCUT2D eigenvalue weighted by atomic mass is 9.96. The second-order valence-electron chi connectivity index (χ2n) is 4.48. The molecule has 2 N–H and O–H groups in total. The Balaban J connectivity index is 1.99. The Morgan fingerprint density at radius 2 is 1.88 bits per heavy atom. The number of benzene rings is 1. The topological polar surface area (TPSA) is 46.3 Å². The molecule has 0 spiro atoms. The fourth-order valence-corrected chi connectivity index (χ4v) is 2.15. The Morgan fingerprint density at radius 3 is 2.41 bits per heavy atom. The number of hydrogen-bond donors (Lipinski definition) is 1. The molecule has 92 valence electrons. The number of carbonyl (C=O) groups is 1. The summed E-state index contributed by atoms with van der Waals surface area (Å²) < 4.78 is 12.8. The highest BCUT2D eigenvalue weighted by Crippen LogP contribution is 2.18. The second kappa shape index (κ2) is 5.27. The van der Waals surface area contributed by atoms with Crippen LogP contribution in [0.25, 0.3) is 0 Å². The SMILES string of the molecule is NCC1CCN(C(=O)c2ccc(F)cc2)CC1. The number of halogens is 1. The van der Waals surface area contributed by atoms with Crippen LogP contribution in [0.1, 0.15) is 23.2 Å². The van der Waals surface area contributed by atoms with Crippen LogP contribution in [0.3, 0.4) is 0 Å². The third-order valence-electron chi connectivity index (χ3n) is 3.33. The molecule has 1 fully saturated rings. The molecule has 3 nitrogen and oxygen atoms in total. The monoisotopic (exact) mass is 236 g/mol. The van der Waals surface area contributed by atoms with Gasteiger partial charge in [0.2, 0.25) is 0 Å². The molecule has 1 aromatic carbocycles. The third-order valence-corrected chi connectivity index (χ3v) is 3.33. The van der Waals surface area contributed by atoms with Gasteiger partial charge in [0.15, 0.2) is 0 Å². The summed E-state index contributed by atoms with van der Waals surface area (Å²) in [6.45, 7) is 2.19. The fraction of sp³-hybridized carbons (Fsp3) is 0.462. The first-order valence-corrected chi connectivity index (χ1v) is 5.95. The van der Waals surface area contributed by atoms with Crippen LogP contribution in [0, 0.1) is 11.7 Å². The van der Waals surface area contributed by atoms with Gasteiger partial charge in [-0.3, -0.25) is 4.79 Å². The van der Waals surface area contributed by atoms with Crippen molar-refractivity contribution in [2.24, 2.45) is 11.7 Å². The van der Waals surface area contributed by atoms with Gasteiger partial charge in [-0.05, 0) is 49.6 Å². The van der Waals surface area contributed by atoms with Crippen molar-refractivity contribution in [3.8, 4) is 0 Å². The van der Waals surface area contributed by atoms with E-state index in [1.165, 1.54) is 24.3 Å². The highest BCUT2D eigenvalue weighted by molar-refractivity contribution is 5.94. The lowest BCUT2D eigenvalue weighted by Gasteiger charge is -2.31. The Kier molecular flexibility index (Phi) is 3.74. The predicted octanol–water partition coefficient (Wildman–Crippen LogP) is 1.64. The smallest absolute Gasteiger partial charge is 0.253 e. The standard InChI is InChI=1S/C13H17FN2O/c14-12-3-1-11(2-4-12)13(17)16-7-5-10(9-15)6-8-16/h1-4,10H,5-9,15H2. The van der Waals surface area contributed by atoms with Crippen molar-refractivity contribution in [2.45, 2.75) is 12.8 Å². The molecule has 0 unspecified atom stereocenters. The highest BCUT2D eigenvalue weighted by Gasteiger charge is 2.22. The molecule has 0 atom stereocenters. The van der Waals surface area contributed by atoms with Gasteiger partial charge < -0.3 is 10.6 Å². The van der Waals surface area contributed by atoms with Crippen LogP contribution < -0.4 is 5.73 Å². The molecule has 1 saturated heterocycles. The molecule has 1 heterocycles. The molecule has 0 aromatic heterocycles. The van der Waals surface area contributed by atoms with Gasteiger partial charge in [0, 0.05) is 18.7 Å². The van der Waals surface area contributed by atoms with E-state index in [4.69, 9.17) is 5.73 Å². The van der Waals surface area contributed by atoms with Crippen molar-refractivity contribution in [1.82, 2.24) is 4.90 Å². The molecule has 0 aliphatic carbocycles. The van der Waals surface area contributed by atoms with E-state index < -0.39 is 0 Å². The van der Waals surface area contributed by atoms with Crippen LogP contribution in [0.2, 0.25) is 0 Å². The zero-order chi connectivity index (χ0) is 12.3. The number of amides is 1. The molecule has 1 amide bonds. The Morgan fingerprint density at radius 1 is 1.29 bits per heavy atom. The van der Waals surface area contributed by atoms with Crippen molar-refractivity contribution in [1.29, 1.82) is 0 Å². The van der Waals surface area contributed by atoms with E-state index >= 15 is 0 Å². The second-order valence-corrected chi connectivity index (χ2v) is 4.48. The van der Waals surface area contributed by atoms with Gasteiger partial charge >= 0.3 is 0 Å². The number of hydrogen-bond acceptors (Lipinski definition) is 2. The molecule has 4 heteroatoms. The van der Waals surface area contributed by atoms with Crippen molar-refractivity contribution in [2.75, 3.05) is 19.6 Å². The van der Waals surface area contributed by atoms with Gasteiger partial charge in [-0.25, -0.2) is 4.39 Å². The summed E-state index contributed by atoms with van der Waals surface area (Å²) >= 11 is 0. The van der Waals surface area contributed by atoms with Crippen LogP contribution in [-0.4, -0.2) is 30.4 Å². The summed E-state index contributed by atoms with van der Waals surface area (Å²) in [7, 11) is 0. The molecule has 1 aliphatic heterocycles. The molecule has 1 aliphatic rings. The molecular formula is C13H17FN2O. The van der Waals surface area contributed by atoms with Crippen molar-refractivity contribution in [3.63, 3.8) is 0 Å². The van der Waals surface area contributed by atoms with E-state index in [1.807, 2.05) is 4.90 Å². The van der Waals surface area contributed by atoms with Crippen LogP contribution in [0.4, 0.5) is 4.39 Å². The van der Waals surface area contributed by atoms with E-state index in [1.54, 1.807) is 0 Å². The first-order chi connectivity index (χ1) is 8.20. The van der Waals surface area contributed by atoms with Crippen LogP contribution in [0.5, 0.6) is 0 Å². The molecular weight excluding hydrogens is 219 g/mol. The average molecular weight is 236 g/mol. The van der Waals surface area contributed by atoms with E-state index in [0.29, 0.717) is 18.0 Å². The molecule has 0 bridgehead atoms. The third kappa shape index (κ3) is 2.82. The number of piperidine rings is 1. The van der Waals surface area contributed by atoms with Gasteiger partial charge in [-0.15, -0.1) is 0 Å². The molecule has 0 radical (unpaired) electrons. The summed E-state index contributed by atoms with van der Waals surface area (Å²) in [5.41, 5.74) is 6.16. The molecule has 0 saturated carbocycles. The lowest BCUT2D eigenvalue weighted by Crippen LogP contribution is -2.40. The van der Waals surface area contributed by atoms with E-state index in [-0.39, 0.29) is 11.7 Å². The van der Waals surface area contributed by atoms with Crippen LogP contribution >= 0.6 is 0 Å². The molecule has 1 aromatic rings. The summed E-state index contributed by atoms with van der Waals surface area (Å²) in [6.07, 6.45) is 1.92. The van der Waals surface area contributed by atoms with E-state index in [9.17, 15) is 9.18 Å². The van der Waals surface area contributed by atoms with Crippen molar-refractivity contribution < 1.29 is 9.18 Å². The highest BCUT2D eigenvalue weighted by atomic mass is 19.1. The van der Waals surface area contributed by atoms with E-state index in [2.05, 4.69) is 0 Å². The first-order valence-electron chi connectivity index (χ1n) is 5.95. The van der Waals surface area contributed by atoms with Crippen LogP contribution in [0.15, 0.2) is 24.3 Å². The van der Waals surface area contributed by atoms with Gasteiger partial charge in [-0.1, -0.05) is 0 Å². The number of likely N-dealkylation sites (tertiary alicyclic amines) is 1. The van der Waals surface area contributed by atoms with Gasteiger partial charge in [-0.2, -0.15) is 0 Å². The van der Waals surface area contributed by atoms with Gasteiger partial charge in [0.25, 0.3) is 5.91 Å². The van der Waals surface area contributed by atoms with Crippen molar-refractivity contribution in [3.05, 3.63) is 35.6 Å². The Bertz CT molecular complexity index is 383. The molecule has 2 rings (SSSR count). The number of nitrogens with zero attached hydrogens (tertiary/aromatic N) is 1. The summed E-state index contributed by atoms with van der Waals surface area (Å²) in [5, 5.41) is 0. The lowest BCUT2D eigenvalue weighted by molar-refractivity contribution is 0.0693. The maximum Gasteiger partial charge on any atom is 0.253 e. The maximum absolute atomic E-state index is 12.8. The quantitative estimate of drug-likeness (QED) is 0.848. The number of rotatable bonds is 2. The average Bonchev–Trinajstić information content (AvgIpc) is 2.39. The minimum atomic E-state index is -0.316. The number of carbonyl (C=O) groups excluding carboxylic acids is 1. The first kappa shape index (κ1) is 12.0. The maximum atomic E-state index is 12.8. The minimum absolute atomic E-state index is 0.0135. The van der Waals surface area contributed by atoms with Gasteiger partial charge in [0.1, 0.15) is 5.82 Å².